The van der Waals surface area contributed by atoms with Crippen LogP contribution in [0.15, 0.2) is 18.5 Å². The quantitative estimate of drug-likeness (QED) is 0.698. The second kappa shape index (κ2) is 4.94. The zero-order valence-corrected chi connectivity index (χ0v) is 8.06. The lowest BCUT2D eigenvalue weighted by molar-refractivity contribution is -0.138. The molecule has 0 unspecified atom stereocenters. The smallest absolute Gasteiger partial charge is 0.337 e. The highest BCUT2D eigenvalue weighted by molar-refractivity contribution is 5.88. The summed E-state index contributed by atoms with van der Waals surface area (Å²) in [5.74, 6) is -1.50. The van der Waals surface area contributed by atoms with Crippen molar-refractivity contribution >= 4 is 17.6 Å². The highest BCUT2D eigenvalue weighted by Crippen LogP contribution is 2.07. The van der Waals surface area contributed by atoms with Gasteiger partial charge in [0.05, 0.1) is 18.4 Å². The summed E-state index contributed by atoms with van der Waals surface area (Å²) in [6.07, 6.45) is 2.65. The van der Waals surface area contributed by atoms with E-state index in [0.717, 1.165) is 0 Å². The molecule has 2 N–H and O–H groups in total. The molecule has 0 saturated heterocycles. The molecule has 80 valence electrons. The van der Waals surface area contributed by atoms with Crippen LogP contribution >= 0.6 is 0 Å². The van der Waals surface area contributed by atoms with Crippen LogP contribution in [-0.2, 0) is 9.53 Å². The zero-order chi connectivity index (χ0) is 11.3. The number of nitrogens with zero attached hydrogens (tertiary/aromatic N) is 1. The largest absolute Gasteiger partial charge is 0.478 e. The molecule has 1 aromatic rings. The van der Waals surface area contributed by atoms with Gasteiger partial charge in [0.1, 0.15) is 6.54 Å². The number of carbonyl (C=O) groups is 2. The van der Waals surface area contributed by atoms with Gasteiger partial charge in [-0.25, -0.2) is 4.79 Å². The molecule has 0 atom stereocenters. The average Bonchev–Trinajstić information content (AvgIpc) is 2.26. The number of methoxy groups -OCH3 is 1. The van der Waals surface area contributed by atoms with Crippen molar-refractivity contribution in [3.63, 3.8) is 0 Å². The number of rotatable bonds is 4. The van der Waals surface area contributed by atoms with E-state index in [1.165, 1.54) is 25.6 Å². The molecule has 0 radical (unpaired) electrons. The number of carbonyl (C=O) groups excluding carboxylic acids is 1. The van der Waals surface area contributed by atoms with Crippen LogP contribution in [0.5, 0.6) is 0 Å². The van der Waals surface area contributed by atoms with Crippen molar-refractivity contribution in [1.29, 1.82) is 0 Å². The molecule has 0 fully saturated rings. The van der Waals surface area contributed by atoms with Crippen LogP contribution in [0.4, 0.5) is 5.69 Å². The number of nitrogens with one attached hydrogen (secondary N) is 1. The molecule has 0 aliphatic carbocycles. The minimum atomic E-state index is -1.07. The van der Waals surface area contributed by atoms with E-state index in [1.54, 1.807) is 0 Å². The van der Waals surface area contributed by atoms with E-state index in [-0.39, 0.29) is 12.1 Å². The lowest BCUT2D eigenvalue weighted by Crippen LogP contribution is -2.15. The molecule has 0 aliphatic rings. The van der Waals surface area contributed by atoms with Crippen LogP contribution in [0.3, 0.4) is 0 Å². The van der Waals surface area contributed by atoms with Gasteiger partial charge in [-0.05, 0) is 6.07 Å². The fourth-order valence-corrected chi connectivity index (χ4v) is 0.900. The van der Waals surface area contributed by atoms with E-state index in [0.29, 0.717) is 5.69 Å². The van der Waals surface area contributed by atoms with Crippen molar-refractivity contribution in [3.8, 4) is 0 Å². The predicted octanol–water partition coefficient (Wildman–Crippen LogP) is 0.365. The van der Waals surface area contributed by atoms with Gasteiger partial charge in [-0.2, -0.15) is 0 Å². The average molecular weight is 210 g/mol. The van der Waals surface area contributed by atoms with Gasteiger partial charge in [-0.15, -0.1) is 0 Å². The Kier molecular flexibility index (Phi) is 3.61. The van der Waals surface area contributed by atoms with Crippen molar-refractivity contribution in [3.05, 3.63) is 24.0 Å². The molecule has 0 amide bonds. The number of aromatic nitrogens is 1. The van der Waals surface area contributed by atoms with Crippen molar-refractivity contribution in [2.45, 2.75) is 0 Å². The van der Waals surface area contributed by atoms with Crippen LogP contribution in [-0.4, -0.2) is 35.7 Å². The number of anilines is 1. The zero-order valence-electron chi connectivity index (χ0n) is 8.06. The number of esters is 1. The Morgan fingerprint density at radius 3 is 2.87 bits per heavy atom. The Balaban J connectivity index is 2.66. The molecule has 6 nitrogen and oxygen atoms in total. The Hall–Kier alpha value is -2.11. The molecule has 6 heteroatoms. The van der Waals surface area contributed by atoms with Crippen molar-refractivity contribution in [1.82, 2.24) is 4.98 Å². The van der Waals surface area contributed by atoms with Crippen LogP contribution in [0, 0.1) is 0 Å². The molecule has 0 aliphatic heterocycles. The molecular weight excluding hydrogens is 200 g/mol. The fraction of sp³-hybridized carbons (Fsp3) is 0.222. The molecule has 0 saturated carbocycles. The van der Waals surface area contributed by atoms with E-state index < -0.39 is 11.9 Å². The highest BCUT2D eigenvalue weighted by atomic mass is 16.5. The molecule has 15 heavy (non-hydrogen) atoms. The van der Waals surface area contributed by atoms with Gasteiger partial charge < -0.3 is 15.2 Å². The summed E-state index contributed by atoms with van der Waals surface area (Å²) in [6, 6.07) is 1.39. The van der Waals surface area contributed by atoms with E-state index >= 15 is 0 Å². The number of aromatic carboxylic acids is 1. The first-order valence-corrected chi connectivity index (χ1v) is 4.12. The lowest BCUT2D eigenvalue weighted by Gasteiger charge is -2.04. The molecule has 0 bridgehead atoms. The summed E-state index contributed by atoms with van der Waals surface area (Å²) in [5, 5.41) is 11.4. The number of pyridine rings is 1. The number of hydrogen-bond acceptors (Lipinski definition) is 5. The predicted molar refractivity (Wildman–Crippen MR) is 51.7 cm³/mol. The second-order valence-corrected chi connectivity index (χ2v) is 2.70. The summed E-state index contributed by atoms with van der Waals surface area (Å²) in [7, 11) is 1.27. The van der Waals surface area contributed by atoms with Gasteiger partial charge in [0.2, 0.25) is 0 Å². The SMILES string of the molecule is COC(=O)CNc1cncc(C(=O)O)c1. The minimum absolute atomic E-state index is 0.0265. The Morgan fingerprint density at radius 1 is 1.53 bits per heavy atom. The molecular formula is C9H10N2O4. The van der Waals surface area contributed by atoms with Crippen LogP contribution in [0.1, 0.15) is 10.4 Å². The maximum atomic E-state index is 10.8. The third-order valence-electron chi connectivity index (χ3n) is 1.65. The number of carboxylic acid groups (broad SMARTS) is 1. The third kappa shape index (κ3) is 3.26. The number of carboxylic acids is 1. The van der Waals surface area contributed by atoms with Gasteiger partial charge in [0.25, 0.3) is 0 Å². The van der Waals surface area contributed by atoms with Crippen LogP contribution in [0.2, 0.25) is 0 Å². The third-order valence-corrected chi connectivity index (χ3v) is 1.65. The first-order valence-electron chi connectivity index (χ1n) is 4.12. The number of hydrogen-bond donors (Lipinski definition) is 2. The summed E-state index contributed by atoms with van der Waals surface area (Å²) in [4.78, 5) is 25.1. The van der Waals surface area contributed by atoms with E-state index in [1.807, 2.05) is 0 Å². The van der Waals surface area contributed by atoms with Gasteiger partial charge in [-0.3, -0.25) is 9.78 Å². The highest BCUT2D eigenvalue weighted by Gasteiger charge is 2.05. The topological polar surface area (TPSA) is 88.5 Å². The lowest BCUT2D eigenvalue weighted by atomic mass is 10.2. The van der Waals surface area contributed by atoms with Crippen LogP contribution in [0.25, 0.3) is 0 Å². The molecule has 0 spiro atoms. The van der Waals surface area contributed by atoms with Crippen LogP contribution < -0.4 is 5.32 Å². The normalized spacial score (nSPS) is 9.40. The van der Waals surface area contributed by atoms with Crippen molar-refractivity contribution < 1.29 is 19.4 Å². The summed E-state index contributed by atoms with van der Waals surface area (Å²) < 4.78 is 4.41. The standard InChI is InChI=1S/C9H10N2O4/c1-15-8(12)5-11-7-2-6(9(13)14)3-10-4-7/h2-4,11H,5H2,1H3,(H,13,14). The first kappa shape index (κ1) is 11.0. The summed E-state index contributed by atoms with van der Waals surface area (Å²) >= 11 is 0. The molecule has 0 aromatic carbocycles. The van der Waals surface area contributed by atoms with E-state index in [4.69, 9.17) is 5.11 Å². The monoisotopic (exact) mass is 210 g/mol. The fourth-order valence-electron chi connectivity index (χ4n) is 0.900. The summed E-state index contributed by atoms with van der Waals surface area (Å²) in [6.45, 7) is -0.0265. The van der Waals surface area contributed by atoms with Gasteiger partial charge >= 0.3 is 11.9 Å². The Bertz CT molecular complexity index is 378. The minimum Gasteiger partial charge on any atom is -0.478 e. The molecule has 1 aromatic heterocycles. The van der Waals surface area contributed by atoms with Crippen molar-refractivity contribution in [2.24, 2.45) is 0 Å². The van der Waals surface area contributed by atoms with Gasteiger partial charge in [0, 0.05) is 12.4 Å². The van der Waals surface area contributed by atoms with E-state index in [9.17, 15) is 9.59 Å². The van der Waals surface area contributed by atoms with Gasteiger partial charge in [-0.1, -0.05) is 0 Å². The Labute approximate surface area is 85.9 Å². The number of ether oxygens (including phenoxy) is 1. The molecule has 1 heterocycles. The summed E-state index contributed by atoms with van der Waals surface area (Å²) in [5.41, 5.74) is 0.519. The van der Waals surface area contributed by atoms with Gasteiger partial charge in [0.15, 0.2) is 0 Å². The first-order chi connectivity index (χ1) is 7.13. The van der Waals surface area contributed by atoms with Crippen molar-refractivity contribution in [2.75, 3.05) is 19.0 Å². The Morgan fingerprint density at radius 2 is 2.27 bits per heavy atom. The maximum absolute atomic E-state index is 10.8. The maximum Gasteiger partial charge on any atom is 0.337 e. The second-order valence-electron chi connectivity index (χ2n) is 2.70. The van der Waals surface area contributed by atoms with E-state index in [2.05, 4.69) is 15.0 Å². The molecule has 1 rings (SSSR count).